The zero-order chi connectivity index (χ0) is 20.1. The van der Waals surface area contributed by atoms with Crippen molar-refractivity contribution in [2.24, 2.45) is 0 Å². The number of aryl methyl sites for hydroxylation is 1. The van der Waals surface area contributed by atoms with E-state index in [4.69, 9.17) is 9.47 Å². The quantitative estimate of drug-likeness (QED) is 0.657. The summed E-state index contributed by atoms with van der Waals surface area (Å²) in [5, 5.41) is 7.37. The number of nitrogens with zero attached hydrogens (tertiary/aromatic N) is 1. The minimum Gasteiger partial charge on any atom is -0.497 e. The second kappa shape index (κ2) is 8.53. The van der Waals surface area contributed by atoms with E-state index in [0.717, 1.165) is 5.56 Å². The number of hydrogen-bond donors (Lipinski definition) is 2. The smallest absolute Gasteiger partial charge is 0.275 e. The molecule has 0 spiro atoms. The molecule has 7 nitrogen and oxygen atoms in total. The molecular weight excluding hydrogens is 378 g/mol. The molecule has 0 saturated carbocycles. The van der Waals surface area contributed by atoms with Gasteiger partial charge in [-0.3, -0.25) is 14.9 Å². The SMILES string of the molecule is COc1cc(OC)cc(C(=O)Nc2nc(C(=O)Nc3ccc(C)cc3)cs2)c1. The van der Waals surface area contributed by atoms with Crippen molar-refractivity contribution in [3.63, 3.8) is 0 Å². The Morgan fingerprint density at radius 1 is 0.929 bits per heavy atom. The van der Waals surface area contributed by atoms with Crippen LogP contribution in [-0.2, 0) is 0 Å². The highest BCUT2D eigenvalue weighted by Gasteiger charge is 2.15. The zero-order valence-corrected chi connectivity index (χ0v) is 16.4. The van der Waals surface area contributed by atoms with Crippen LogP contribution < -0.4 is 20.1 Å². The minimum atomic E-state index is -0.378. The molecule has 0 aliphatic heterocycles. The Balaban J connectivity index is 1.69. The van der Waals surface area contributed by atoms with Crippen molar-refractivity contribution in [1.82, 2.24) is 4.98 Å². The Hall–Kier alpha value is -3.39. The van der Waals surface area contributed by atoms with Crippen LogP contribution in [0.2, 0.25) is 0 Å². The monoisotopic (exact) mass is 397 g/mol. The van der Waals surface area contributed by atoms with Crippen LogP contribution in [0, 0.1) is 6.92 Å². The van der Waals surface area contributed by atoms with Gasteiger partial charge in [0.2, 0.25) is 0 Å². The lowest BCUT2D eigenvalue weighted by Gasteiger charge is -2.08. The van der Waals surface area contributed by atoms with Crippen LogP contribution in [0.15, 0.2) is 47.8 Å². The first-order chi connectivity index (χ1) is 13.5. The fraction of sp³-hybridized carbons (Fsp3) is 0.150. The van der Waals surface area contributed by atoms with E-state index in [1.807, 2.05) is 31.2 Å². The fourth-order valence-electron chi connectivity index (χ4n) is 2.38. The molecule has 0 unspecified atom stereocenters. The molecule has 0 saturated heterocycles. The van der Waals surface area contributed by atoms with Gasteiger partial charge in [-0.25, -0.2) is 4.98 Å². The lowest BCUT2D eigenvalue weighted by Crippen LogP contribution is -2.14. The van der Waals surface area contributed by atoms with Crippen LogP contribution in [0.5, 0.6) is 11.5 Å². The molecule has 0 fully saturated rings. The lowest BCUT2D eigenvalue weighted by atomic mass is 10.2. The van der Waals surface area contributed by atoms with E-state index < -0.39 is 0 Å². The highest BCUT2D eigenvalue weighted by molar-refractivity contribution is 7.14. The van der Waals surface area contributed by atoms with E-state index in [2.05, 4.69) is 15.6 Å². The second-order valence-electron chi connectivity index (χ2n) is 5.91. The number of amides is 2. The van der Waals surface area contributed by atoms with Crippen molar-refractivity contribution in [1.29, 1.82) is 0 Å². The summed E-state index contributed by atoms with van der Waals surface area (Å²) in [5.41, 5.74) is 2.37. The topological polar surface area (TPSA) is 89.6 Å². The summed E-state index contributed by atoms with van der Waals surface area (Å²) in [5.74, 6) is 0.282. The van der Waals surface area contributed by atoms with Gasteiger partial charge in [0.25, 0.3) is 11.8 Å². The second-order valence-corrected chi connectivity index (χ2v) is 6.77. The fourth-order valence-corrected chi connectivity index (χ4v) is 3.06. The maximum Gasteiger partial charge on any atom is 0.275 e. The van der Waals surface area contributed by atoms with Crippen LogP contribution in [0.25, 0.3) is 0 Å². The van der Waals surface area contributed by atoms with E-state index in [1.165, 1.54) is 25.6 Å². The molecule has 2 N–H and O–H groups in total. The van der Waals surface area contributed by atoms with Crippen molar-refractivity contribution < 1.29 is 19.1 Å². The number of aromatic nitrogens is 1. The first-order valence-electron chi connectivity index (χ1n) is 8.36. The molecule has 144 valence electrons. The van der Waals surface area contributed by atoms with Gasteiger partial charge in [0.1, 0.15) is 17.2 Å². The van der Waals surface area contributed by atoms with Crippen molar-refractivity contribution in [3.8, 4) is 11.5 Å². The van der Waals surface area contributed by atoms with Gasteiger partial charge in [0, 0.05) is 22.7 Å². The summed E-state index contributed by atoms with van der Waals surface area (Å²) in [4.78, 5) is 29.0. The number of anilines is 2. The molecule has 1 aromatic heterocycles. The average molecular weight is 397 g/mol. The van der Waals surface area contributed by atoms with Crippen molar-refractivity contribution >= 4 is 34.0 Å². The van der Waals surface area contributed by atoms with Gasteiger partial charge in [-0.1, -0.05) is 17.7 Å². The largest absolute Gasteiger partial charge is 0.497 e. The number of benzene rings is 2. The van der Waals surface area contributed by atoms with E-state index in [1.54, 1.807) is 23.6 Å². The van der Waals surface area contributed by atoms with Gasteiger partial charge >= 0.3 is 0 Å². The predicted molar refractivity (Wildman–Crippen MR) is 109 cm³/mol. The number of thiazole rings is 1. The molecule has 0 bridgehead atoms. The van der Waals surface area contributed by atoms with E-state index in [-0.39, 0.29) is 17.5 Å². The Kier molecular flexibility index (Phi) is 5.90. The predicted octanol–water partition coefficient (Wildman–Crippen LogP) is 3.97. The number of rotatable bonds is 6. The lowest BCUT2D eigenvalue weighted by molar-refractivity contribution is 0.101. The number of ether oxygens (including phenoxy) is 2. The zero-order valence-electron chi connectivity index (χ0n) is 15.6. The van der Waals surface area contributed by atoms with Gasteiger partial charge in [0.15, 0.2) is 5.13 Å². The number of hydrogen-bond acceptors (Lipinski definition) is 6. The van der Waals surface area contributed by atoms with Gasteiger partial charge < -0.3 is 14.8 Å². The molecule has 28 heavy (non-hydrogen) atoms. The Morgan fingerprint density at radius 2 is 1.57 bits per heavy atom. The maximum atomic E-state index is 12.5. The molecule has 2 amide bonds. The minimum absolute atomic E-state index is 0.226. The van der Waals surface area contributed by atoms with Crippen LogP contribution in [0.1, 0.15) is 26.4 Å². The molecule has 3 aromatic rings. The van der Waals surface area contributed by atoms with E-state index in [9.17, 15) is 9.59 Å². The summed E-state index contributed by atoms with van der Waals surface area (Å²) < 4.78 is 10.3. The van der Waals surface area contributed by atoms with E-state index >= 15 is 0 Å². The van der Waals surface area contributed by atoms with Crippen LogP contribution in [-0.4, -0.2) is 31.0 Å². The van der Waals surface area contributed by atoms with Crippen LogP contribution in [0.4, 0.5) is 10.8 Å². The Morgan fingerprint density at radius 3 is 2.18 bits per heavy atom. The third-order valence-electron chi connectivity index (χ3n) is 3.88. The van der Waals surface area contributed by atoms with Gasteiger partial charge in [-0.05, 0) is 31.2 Å². The van der Waals surface area contributed by atoms with Crippen molar-refractivity contribution in [2.75, 3.05) is 24.9 Å². The standard InChI is InChI=1S/C20H19N3O4S/c1-12-4-6-14(7-5-12)21-19(25)17-11-28-20(22-17)23-18(24)13-8-15(26-2)10-16(9-13)27-3/h4-11H,1-3H3,(H,21,25)(H,22,23,24). The molecule has 3 rings (SSSR count). The summed E-state index contributed by atoms with van der Waals surface area (Å²) in [6.45, 7) is 1.97. The highest BCUT2D eigenvalue weighted by Crippen LogP contribution is 2.24. The van der Waals surface area contributed by atoms with Gasteiger partial charge in [0.05, 0.1) is 14.2 Å². The number of carbonyl (C=O) groups excluding carboxylic acids is 2. The molecule has 0 radical (unpaired) electrons. The first-order valence-corrected chi connectivity index (χ1v) is 9.24. The third-order valence-corrected chi connectivity index (χ3v) is 4.64. The third kappa shape index (κ3) is 4.66. The highest BCUT2D eigenvalue weighted by atomic mass is 32.1. The first kappa shape index (κ1) is 19.4. The van der Waals surface area contributed by atoms with Crippen molar-refractivity contribution in [3.05, 3.63) is 64.7 Å². The van der Waals surface area contributed by atoms with Gasteiger partial charge in [-0.2, -0.15) is 0 Å². The molecule has 1 heterocycles. The maximum absolute atomic E-state index is 12.5. The van der Waals surface area contributed by atoms with Gasteiger partial charge in [-0.15, -0.1) is 11.3 Å². The molecule has 0 aliphatic carbocycles. The Bertz CT molecular complexity index is 977. The number of methoxy groups -OCH3 is 2. The summed E-state index contributed by atoms with van der Waals surface area (Å²) in [7, 11) is 3.02. The molecule has 0 atom stereocenters. The summed E-state index contributed by atoms with van der Waals surface area (Å²) >= 11 is 1.17. The normalized spacial score (nSPS) is 10.2. The van der Waals surface area contributed by atoms with E-state index in [0.29, 0.717) is 27.9 Å². The molecule has 8 heteroatoms. The Labute approximate surface area is 166 Å². The van der Waals surface area contributed by atoms with Crippen LogP contribution >= 0.6 is 11.3 Å². The average Bonchev–Trinajstić information content (AvgIpc) is 3.17. The number of nitrogens with one attached hydrogen (secondary N) is 2. The number of carbonyl (C=O) groups is 2. The summed E-state index contributed by atoms with van der Waals surface area (Å²) in [6, 6.07) is 12.3. The molecule has 2 aromatic carbocycles. The summed E-state index contributed by atoms with van der Waals surface area (Å²) in [6.07, 6.45) is 0. The molecule has 0 aliphatic rings. The van der Waals surface area contributed by atoms with Crippen LogP contribution in [0.3, 0.4) is 0 Å². The molecular formula is C20H19N3O4S. The van der Waals surface area contributed by atoms with Crippen molar-refractivity contribution in [2.45, 2.75) is 6.92 Å².